The number of aryl methyl sites for hydroxylation is 1. The zero-order valence-corrected chi connectivity index (χ0v) is 16.2. The van der Waals surface area contributed by atoms with Crippen molar-refractivity contribution in [3.8, 4) is 11.4 Å². The average Bonchev–Trinajstić information content (AvgIpc) is 3.03. The molecule has 0 radical (unpaired) electrons. The van der Waals surface area contributed by atoms with Gasteiger partial charge in [0.2, 0.25) is 5.91 Å². The maximum atomic E-state index is 12.5. The van der Waals surface area contributed by atoms with E-state index in [9.17, 15) is 4.79 Å². The summed E-state index contributed by atoms with van der Waals surface area (Å²) < 4.78 is 2.02. The standard InChI is InChI=1S/C19H25N5OS/c1-4-8-24-18(16-7-5-6-15(2)13-16)20-21-19(24)26-14-17(25)23-11-9-22(3)10-12-23/h4-7,13H,1,8-12,14H2,2-3H3. The normalized spacial score (nSPS) is 15.2. The van der Waals surface area contributed by atoms with Crippen LogP contribution < -0.4 is 0 Å². The van der Waals surface area contributed by atoms with Crippen molar-refractivity contribution in [3.63, 3.8) is 0 Å². The van der Waals surface area contributed by atoms with Crippen LogP contribution in [-0.2, 0) is 11.3 Å². The fourth-order valence-corrected chi connectivity index (χ4v) is 3.81. The molecule has 1 aliphatic rings. The highest BCUT2D eigenvalue weighted by Crippen LogP contribution is 2.25. The van der Waals surface area contributed by atoms with E-state index in [0.29, 0.717) is 12.3 Å². The fraction of sp³-hybridized carbons (Fsp3) is 0.421. The molecule has 1 aromatic carbocycles. The van der Waals surface area contributed by atoms with Gasteiger partial charge in [-0.05, 0) is 20.0 Å². The third kappa shape index (κ3) is 4.34. The van der Waals surface area contributed by atoms with Crippen molar-refractivity contribution in [1.82, 2.24) is 24.6 Å². The molecule has 3 rings (SSSR count). The Kier molecular flexibility index (Phi) is 6.11. The minimum Gasteiger partial charge on any atom is -0.339 e. The Morgan fingerprint density at radius 3 is 2.73 bits per heavy atom. The van der Waals surface area contributed by atoms with E-state index < -0.39 is 0 Å². The third-order valence-corrected chi connectivity index (χ3v) is 5.44. The monoisotopic (exact) mass is 371 g/mol. The van der Waals surface area contributed by atoms with Crippen LogP contribution in [0.2, 0.25) is 0 Å². The summed E-state index contributed by atoms with van der Waals surface area (Å²) in [5.74, 6) is 1.35. The van der Waals surface area contributed by atoms with Gasteiger partial charge in [-0.15, -0.1) is 16.8 Å². The molecule has 0 aliphatic carbocycles. The van der Waals surface area contributed by atoms with Crippen LogP contribution in [0, 0.1) is 6.92 Å². The number of thioether (sulfide) groups is 1. The molecule has 0 bridgehead atoms. The first-order chi connectivity index (χ1) is 12.6. The molecule has 26 heavy (non-hydrogen) atoms. The van der Waals surface area contributed by atoms with Gasteiger partial charge in [0.15, 0.2) is 11.0 Å². The molecule has 1 saturated heterocycles. The minimum atomic E-state index is 0.161. The number of carbonyl (C=O) groups is 1. The lowest BCUT2D eigenvalue weighted by atomic mass is 10.1. The molecule has 1 aromatic heterocycles. The summed E-state index contributed by atoms with van der Waals surface area (Å²) >= 11 is 1.45. The van der Waals surface area contributed by atoms with E-state index in [1.54, 1.807) is 0 Å². The maximum absolute atomic E-state index is 12.5. The highest BCUT2D eigenvalue weighted by molar-refractivity contribution is 7.99. The molecule has 2 aromatic rings. The molecule has 138 valence electrons. The van der Waals surface area contributed by atoms with Crippen LogP contribution in [0.3, 0.4) is 0 Å². The number of aromatic nitrogens is 3. The van der Waals surface area contributed by atoms with Crippen molar-refractivity contribution < 1.29 is 4.79 Å². The summed E-state index contributed by atoms with van der Waals surface area (Å²) in [5.41, 5.74) is 2.20. The molecule has 7 heteroatoms. The number of piperazine rings is 1. The molecule has 0 saturated carbocycles. The van der Waals surface area contributed by atoms with E-state index >= 15 is 0 Å². The first kappa shape index (κ1) is 18.7. The molecule has 1 aliphatic heterocycles. The number of allylic oxidation sites excluding steroid dienone is 1. The summed E-state index contributed by atoms with van der Waals surface area (Å²) in [4.78, 5) is 16.7. The first-order valence-electron chi connectivity index (χ1n) is 8.78. The van der Waals surface area contributed by atoms with Gasteiger partial charge in [0, 0.05) is 38.3 Å². The molecule has 0 N–H and O–H groups in total. The molecule has 6 nitrogen and oxygen atoms in total. The topological polar surface area (TPSA) is 54.3 Å². The summed E-state index contributed by atoms with van der Waals surface area (Å²) in [6.45, 7) is 9.96. The number of hydrogen-bond donors (Lipinski definition) is 0. The number of likely N-dealkylation sites (N-methyl/N-ethyl adjacent to an activating group) is 1. The van der Waals surface area contributed by atoms with Crippen LogP contribution >= 0.6 is 11.8 Å². The van der Waals surface area contributed by atoms with Crippen LogP contribution in [0.5, 0.6) is 0 Å². The lowest BCUT2D eigenvalue weighted by Gasteiger charge is -2.32. The van der Waals surface area contributed by atoms with Crippen molar-refractivity contribution in [2.24, 2.45) is 0 Å². The number of carbonyl (C=O) groups excluding carboxylic acids is 1. The van der Waals surface area contributed by atoms with E-state index in [-0.39, 0.29) is 5.91 Å². The molecule has 1 fully saturated rings. The fourth-order valence-electron chi connectivity index (χ4n) is 2.96. The minimum absolute atomic E-state index is 0.161. The SMILES string of the molecule is C=CCn1c(SCC(=O)N2CCN(C)CC2)nnc1-c1cccc(C)c1. The first-order valence-corrected chi connectivity index (χ1v) is 9.77. The smallest absolute Gasteiger partial charge is 0.233 e. The summed E-state index contributed by atoms with van der Waals surface area (Å²) in [7, 11) is 2.08. The van der Waals surface area contributed by atoms with Gasteiger partial charge in [-0.1, -0.05) is 41.6 Å². The van der Waals surface area contributed by atoms with Gasteiger partial charge in [0.25, 0.3) is 0 Å². The van der Waals surface area contributed by atoms with E-state index in [0.717, 1.165) is 42.7 Å². The highest BCUT2D eigenvalue weighted by atomic mass is 32.2. The lowest BCUT2D eigenvalue weighted by Crippen LogP contribution is -2.47. The molecule has 0 spiro atoms. The third-order valence-electron chi connectivity index (χ3n) is 4.49. The van der Waals surface area contributed by atoms with Crippen LogP contribution in [0.4, 0.5) is 0 Å². The van der Waals surface area contributed by atoms with Crippen LogP contribution in [0.25, 0.3) is 11.4 Å². The Bertz CT molecular complexity index is 780. The summed E-state index contributed by atoms with van der Waals surface area (Å²) in [6, 6.07) is 8.19. The van der Waals surface area contributed by atoms with Crippen LogP contribution in [0.1, 0.15) is 5.56 Å². The predicted octanol–water partition coefficient (Wildman–Crippen LogP) is 2.31. The Morgan fingerprint density at radius 2 is 2.04 bits per heavy atom. The van der Waals surface area contributed by atoms with Crippen molar-refractivity contribution in [2.45, 2.75) is 18.6 Å². The Hall–Kier alpha value is -2.12. The van der Waals surface area contributed by atoms with Gasteiger partial charge in [0.05, 0.1) is 5.75 Å². The molecular formula is C19H25N5OS. The highest BCUT2D eigenvalue weighted by Gasteiger charge is 2.21. The molecule has 0 atom stereocenters. The predicted molar refractivity (Wildman–Crippen MR) is 105 cm³/mol. The Morgan fingerprint density at radius 1 is 1.27 bits per heavy atom. The molecule has 1 amide bonds. The lowest BCUT2D eigenvalue weighted by molar-refractivity contribution is -0.129. The maximum Gasteiger partial charge on any atom is 0.233 e. The zero-order chi connectivity index (χ0) is 18.5. The summed E-state index contributed by atoms with van der Waals surface area (Å²) in [6.07, 6.45) is 1.83. The van der Waals surface area contributed by atoms with Gasteiger partial charge in [-0.3, -0.25) is 9.36 Å². The van der Waals surface area contributed by atoms with Crippen molar-refractivity contribution in [1.29, 1.82) is 0 Å². The number of rotatable bonds is 6. The Balaban J connectivity index is 1.72. The van der Waals surface area contributed by atoms with Crippen LogP contribution in [-0.4, -0.2) is 69.5 Å². The quantitative estimate of drug-likeness (QED) is 0.576. The Labute approximate surface area is 158 Å². The summed E-state index contributed by atoms with van der Waals surface area (Å²) in [5, 5.41) is 9.43. The van der Waals surface area contributed by atoms with Gasteiger partial charge >= 0.3 is 0 Å². The van der Waals surface area contributed by atoms with Gasteiger partial charge in [0.1, 0.15) is 0 Å². The number of nitrogens with zero attached hydrogens (tertiary/aromatic N) is 5. The van der Waals surface area contributed by atoms with Gasteiger partial charge < -0.3 is 9.80 Å². The number of hydrogen-bond acceptors (Lipinski definition) is 5. The number of benzene rings is 1. The molecular weight excluding hydrogens is 346 g/mol. The zero-order valence-electron chi connectivity index (χ0n) is 15.4. The number of amides is 1. The second-order valence-corrected chi connectivity index (χ2v) is 7.49. The van der Waals surface area contributed by atoms with Crippen molar-refractivity contribution >= 4 is 17.7 Å². The van der Waals surface area contributed by atoms with Crippen LogP contribution in [0.15, 0.2) is 42.1 Å². The second kappa shape index (κ2) is 8.51. The molecule has 0 unspecified atom stereocenters. The average molecular weight is 372 g/mol. The van der Waals surface area contributed by atoms with Gasteiger partial charge in [-0.2, -0.15) is 0 Å². The van der Waals surface area contributed by atoms with Gasteiger partial charge in [-0.25, -0.2) is 0 Å². The van der Waals surface area contributed by atoms with Crippen molar-refractivity contribution in [3.05, 3.63) is 42.5 Å². The van der Waals surface area contributed by atoms with E-state index in [2.05, 4.69) is 47.8 Å². The molecule has 2 heterocycles. The second-order valence-electron chi connectivity index (χ2n) is 6.55. The van der Waals surface area contributed by atoms with Crippen molar-refractivity contribution in [2.75, 3.05) is 39.0 Å². The van der Waals surface area contributed by atoms with E-state index in [1.807, 2.05) is 27.7 Å². The van der Waals surface area contributed by atoms with E-state index in [1.165, 1.54) is 17.3 Å². The van der Waals surface area contributed by atoms with E-state index in [4.69, 9.17) is 0 Å². The largest absolute Gasteiger partial charge is 0.339 e.